The first-order chi connectivity index (χ1) is 9.97. The maximum atomic E-state index is 12.2. The lowest BCUT2D eigenvalue weighted by Gasteiger charge is -2.26. The lowest BCUT2D eigenvalue weighted by Crippen LogP contribution is -2.37. The van der Waals surface area contributed by atoms with Crippen LogP contribution in [0.1, 0.15) is 36.0 Å². The summed E-state index contributed by atoms with van der Waals surface area (Å²) in [6.45, 7) is 0.440. The molecule has 0 spiro atoms. The molecule has 0 radical (unpaired) electrons. The number of hydrogen-bond acceptors (Lipinski definition) is 3. The van der Waals surface area contributed by atoms with E-state index in [2.05, 4.69) is 5.32 Å². The molecule has 0 heterocycles. The van der Waals surface area contributed by atoms with Crippen LogP contribution in [0, 0.1) is 15.5 Å². The minimum Gasteiger partial charge on any atom is -0.351 e. The second-order valence-electron chi connectivity index (χ2n) is 5.44. The van der Waals surface area contributed by atoms with Gasteiger partial charge in [-0.25, -0.2) is 0 Å². The number of carbonyl (C=O) groups excluding carboxylic acids is 1. The van der Waals surface area contributed by atoms with Gasteiger partial charge in [0.2, 0.25) is 0 Å². The van der Waals surface area contributed by atoms with Gasteiger partial charge in [-0.15, -0.1) is 11.6 Å². The van der Waals surface area contributed by atoms with Gasteiger partial charge in [-0.1, -0.05) is 24.4 Å². The van der Waals surface area contributed by atoms with E-state index in [9.17, 15) is 14.9 Å². The van der Waals surface area contributed by atoms with Crippen LogP contribution in [0.25, 0.3) is 0 Å². The van der Waals surface area contributed by atoms with Gasteiger partial charge in [0.15, 0.2) is 0 Å². The lowest BCUT2D eigenvalue weighted by atomic mass is 9.88. The summed E-state index contributed by atoms with van der Waals surface area (Å²) in [5.74, 6) is 0.0189. The second-order valence-corrected chi connectivity index (χ2v) is 6.15. The molecule has 0 aliphatic heterocycles. The largest absolute Gasteiger partial charge is 0.351 e. The van der Waals surface area contributed by atoms with Crippen molar-refractivity contribution in [1.82, 2.24) is 5.32 Å². The zero-order valence-corrected chi connectivity index (χ0v) is 12.9. The van der Waals surface area contributed by atoms with Gasteiger partial charge in [-0.3, -0.25) is 14.9 Å². The highest BCUT2D eigenvalue weighted by Crippen LogP contribution is 2.38. The maximum absolute atomic E-state index is 12.2. The highest BCUT2D eigenvalue weighted by molar-refractivity contribution is 6.31. The smallest absolute Gasteiger partial charge is 0.283 e. The SMILES string of the molecule is O=C(NCC1(CCl)CCCC1)c1ccc(Cl)cc1[N+](=O)[O-]. The summed E-state index contributed by atoms with van der Waals surface area (Å²) in [5, 5.41) is 14.0. The number of rotatable bonds is 5. The van der Waals surface area contributed by atoms with E-state index in [0.29, 0.717) is 12.4 Å². The summed E-state index contributed by atoms with van der Waals surface area (Å²) in [4.78, 5) is 22.6. The van der Waals surface area contributed by atoms with Crippen molar-refractivity contribution >= 4 is 34.8 Å². The van der Waals surface area contributed by atoms with E-state index in [1.165, 1.54) is 18.2 Å². The number of hydrogen-bond donors (Lipinski definition) is 1. The third kappa shape index (κ3) is 3.66. The topological polar surface area (TPSA) is 72.2 Å². The third-order valence-electron chi connectivity index (χ3n) is 3.97. The quantitative estimate of drug-likeness (QED) is 0.507. The molecule has 1 fully saturated rings. The van der Waals surface area contributed by atoms with Crippen LogP contribution in [-0.2, 0) is 0 Å². The van der Waals surface area contributed by atoms with Crippen LogP contribution in [0.5, 0.6) is 0 Å². The molecule has 1 aromatic rings. The molecule has 1 N–H and O–H groups in total. The Hall–Kier alpha value is -1.33. The minimum atomic E-state index is -0.603. The predicted octanol–water partition coefficient (Wildman–Crippen LogP) is 3.78. The molecular weight excluding hydrogens is 315 g/mol. The Kier molecular flexibility index (Phi) is 5.06. The van der Waals surface area contributed by atoms with Crippen LogP contribution in [0.15, 0.2) is 18.2 Å². The Morgan fingerprint density at radius 1 is 1.38 bits per heavy atom. The average Bonchev–Trinajstić information content (AvgIpc) is 2.94. The number of carbonyl (C=O) groups is 1. The minimum absolute atomic E-state index is 0.0205. The van der Waals surface area contributed by atoms with Crippen molar-refractivity contribution in [3.63, 3.8) is 0 Å². The van der Waals surface area contributed by atoms with Crippen molar-refractivity contribution in [2.75, 3.05) is 12.4 Å². The standard InChI is InChI=1S/C14H16Cl2N2O3/c15-8-14(5-1-2-6-14)9-17-13(19)11-4-3-10(16)7-12(11)18(20)21/h3-4,7H,1-2,5-6,8-9H2,(H,17,19). The molecule has 0 aromatic heterocycles. The fourth-order valence-electron chi connectivity index (χ4n) is 2.69. The Bertz CT molecular complexity index is 557. The number of nitrogens with zero attached hydrogens (tertiary/aromatic N) is 1. The Morgan fingerprint density at radius 2 is 2.05 bits per heavy atom. The molecule has 0 bridgehead atoms. The summed E-state index contributed by atoms with van der Waals surface area (Å²) in [6, 6.07) is 4.03. The zero-order valence-electron chi connectivity index (χ0n) is 11.4. The van der Waals surface area contributed by atoms with Gasteiger partial charge in [-0.2, -0.15) is 0 Å². The van der Waals surface area contributed by atoms with Gasteiger partial charge in [0, 0.05) is 28.9 Å². The van der Waals surface area contributed by atoms with Crippen LogP contribution in [-0.4, -0.2) is 23.3 Å². The van der Waals surface area contributed by atoms with Crippen molar-refractivity contribution in [2.24, 2.45) is 5.41 Å². The number of benzene rings is 1. The Balaban J connectivity index is 2.12. The molecular formula is C14H16Cl2N2O3. The lowest BCUT2D eigenvalue weighted by molar-refractivity contribution is -0.385. The van der Waals surface area contributed by atoms with Crippen LogP contribution >= 0.6 is 23.2 Å². The van der Waals surface area contributed by atoms with Gasteiger partial charge in [0.25, 0.3) is 11.6 Å². The monoisotopic (exact) mass is 330 g/mol. The van der Waals surface area contributed by atoms with E-state index in [1.54, 1.807) is 0 Å². The van der Waals surface area contributed by atoms with E-state index >= 15 is 0 Å². The van der Waals surface area contributed by atoms with E-state index < -0.39 is 10.8 Å². The molecule has 21 heavy (non-hydrogen) atoms. The first kappa shape index (κ1) is 16.0. The highest BCUT2D eigenvalue weighted by atomic mass is 35.5. The molecule has 1 aromatic carbocycles. The van der Waals surface area contributed by atoms with Crippen molar-refractivity contribution in [1.29, 1.82) is 0 Å². The van der Waals surface area contributed by atoms with Crippen molar-refractivity contribution in [2.45, 2.75) is 25.7 Å². The van der Waals surface area contributed by atoms with Crippen LogP contribution in [0.4, 0.5) is 5.69 Å². The van der Waals surface area contributed by atoms with Gasteiger partial charge in [-0.05, 0) is 25.0 Å². The highest BCUT2D eigenvalue weighted by Gasteiger charge is 2.34. The fourth-order valence-corrected chi connectivity index (χ4v) is 3.22. The Labute approximate surface area is 132 Å². The molecule has 1 saturated carbocycles. The van der Waals surface area contributed by atoms with Crippen molar-refractivity contribution in [3.05, 3.63) is 38.9 Å². The summed E-state index contributed by atoms with van der Waals surface area (Å²) < 4.78 is 0. The van der Waals surface area contributed by atoms with Gasteiger partial charge < -0.3 is 5.32 Å². The number of amides is 1. The maximum Gasteiger partial charge on any atom is 0.283 e. The number of halogens is 2. The van der Waals surface area contributed by atoms with Crippen molar-refractivity contribution < 1.29 is 9.72 Å². The van der Waals surface area contributed by atoms with Crippen molar-refractivity contribution in [3.8, 4) is 0 Å². The van der Waals surface area contributed by atoms with Gasteiger partial charge in [0.1, 0.15) is 5.56 Å². The molecule has 1 aliphatic rings. The molecule has 0 saturated heterocycles. The molecule has 0 unspecified atom stereocenters. The number of alkyl halides is 1. The molecule has 0 atom stereocenters. The average molecular weight is 331 g/mol. The summed E-state index contributed by atoms with van der Waals surface area (Å²) in [6.07, 6.45) is 4.15. The predicted molar refractivity (Wildman–Crippen MR) is 82.1 cm³/mol. The number of nitrogens with one attached hydrogen (secondary N) is 1. The van der Waals surface area contributed by atoms with Crippen LogP contribution in [0.2, 0.25) is 5.02 Å². The van der Waals surface area contributed by atoms with Crippen LogP contribution < -0.4 is 5.32 Å². The fraction of sp³-hybridized carbons (Fsp3) is 0.500. The summed E-state index contributed by atoms with van der Waals surface area (Å²) >= 11 is 11.8. The number of nitro groups is 1. The zero-order chi connectivity index (χ0) is 15.5. The van der Waals surface area contributed by atoms with Gasteiger partial charge in [0.05, 0.1) is 4.92 Å². The second kappa shape index (κ2) is 6.62. The molecule has 1 amide bonds. The molecule has 5 nitrogen and oxygen atoms in total. The number of nitro benzene ring substituents is 1. The van der Waals surface area contributed by atoms with E-state index in [4.69, 9.17) is 23.2 Å². The first-order valence-electron chi connectivity index (χ1n) is 6.75. The van der Waals surface area contributed by atoms with E-state index in [1.807, 2.05) is 0 Å². The third-order valence-corrected chi connectivity index (χ3v) is 4.77. The van der Waals surface area contributed by atoms with E-state index in [-0.39, 0.29) is 21.7 Å². The first-order valence-corrected chi connectivity index (χ1v) is 7.67. The Morgan fingerprint density at radius 3 is 2.62 bits per heavy atom. The normalized spacial score (nSPS) is 16.7. The van der Waals surface area contributed by atoms with E-state index in [0.717, 1.165) is 25.7 Å². The molecule has 114 valence electrons. The van der Waals surface area contributed by atoms with Gasteiger partial charge >= 0.3 is 0 Å². The van der Waals surface area contributed by atoms with Crippen LogP contribution in [0.3, 0.4) is 0 Å². The molecule has 1 aliphatic carbocycles. The summed E-state index contributed by atoms with van der Waals surface area (Å²) in [5.41, 5.74) is -0.350. The summed E-state index contributed by atoms with van der Waals surface area (Å²) in [7, 11) is 0. The molecule has 2 rings (SSSR count). The molecule has 7 heteroatoms.